The first-order valence-electron chi connectivity index (χ1n) is 6.45. The van der Waals surface area contributed by atoms with Crippen LogP contribution in [0.2, 0.25) is 5.02 Å². The van der Waals surface area contributed by atoms with Gasteiger partial charge in [-0.1, -0.05) is 11.6 Å². The molecule has 2 aromatic carbocycles. The number of hydrogen-bond donors (Lipinski definition) is 0. The highest BCUT2D eigenvalue weighted by Gasteiger charge is 2.16. The Morgan fingerprint density at radius 2 is 1.95 bits per heavy atom. The Morgan fingerprint density at radius 3 is 2.71 bits per heavy atom. The van der Waals surface area contributed by atoms with Gasteiger partial charge in [-0.05, 0) is 37.3 Å². The Bertz CT molecular complexity index is 822. The van der Waals surface area contributed by atoms with Crippen molar-refractivity contribution in [3.8, 4) is 5.75 Å². The number of furan rings is 1. The van der Waals surface area contributed by atoms with Gasteiger partial charge >= 0.3 is 5.97 Å². The third kappa shape index (κ3) is 2.54. The van der Waals surface area contributed by atoms with Crippen LogP contribution in [0.4, 0.5) is 0 Å². The number of methoxy groups -OCH3 is 1. The highest BCUT2D eigenvalue weighted by molar-refractivity contribution is 6.31. The van der Waals surface area contributed by atoms with Crippen LogP contribution in [0.15, 0.2) is 40.8 Å². The Kier molecular flexibility index (Phi) is 3.47. The van der Waals surface area contributed by atoms with Gasteiger partial charge in [-0.25, -0.2) is 4.79 Å². The predicted octanol–water partition coefficient (Wildman–Crippen LogP) is 4.18. The van der Waals surface area contributed by atoms with Gasteiger partial charge in [-0.2, -0.15) is 0 Å². The van der Waals surface area contributed by atoms with Crippen LogP contribution in [-0.4, -0.2) is 19.2 Å². The molecule has 0 saturated heterocycles. The van der Waals surface area contributed by atoms with E-state index in [-0.39, 0.29) is 0 Å². The highest BCUT2D eigenvalue weighted by Crippen LogP contribution is 2.33. The SMILES string of the molecule is COC(=O)C(C)Oc1ccc2oc3cc(Cl)ccc3c2c1. The summed E-state index contributed by atoms with van der Waals surface area (Å²) in [5.41, 5.74) is 1.46. The van der Waals surface area contributed by atoms with Gasteiger partial charge in [0, 0.05) is 21.9 Å². The largest absolute Gasteiger partial charge is 0.479 e. The molecular weight excluding hydrogens is 292 g/mol. The maximum atomic E-state index is 11.4. The summed E-state index contributed by atoms with van der Waals surface area (Å²) in [7, 11) is 1.33. The Labute approximate surface area is 126 Å². The molecule has 0 aliphatic heterocycles. The smallest absolute Gasteiger partial charge is 0.346 e. The second kappa shape index (κ2) is 5.30. The number of hydrogen-bond acceptors (Lipinski definition) is 4. The molecule has 0 saturated carbocycles. The number of ether oxygens (including phenoxy) is 2. The van der Waals surface area contributed by atoms with Crippen molar-refractivity contribution >= 4 is 39.5 Å². The van der Waals surface area contributed by atoms with Crippen molar-refractivity contribution in [3.05, 3.63) is 41.4 Å². The molecule has 21 heavy (non-hydrogen) atoms. The molecule has 0 spiro atoms. The molecule has 3 rings (SSSR count). The van der Waals surface area contributed by atoms with Crippen molar-refractivity contribution in [1.29, 1.82) is 0 Å². The van der Waals surface area contributed by atoms with Crippen LogP contribution >= 0.6 is 11.6 Å². The molecule has 0 radical (unpaired) electrons. The van der Waals surface area contributed by atoms with Crippen molar-refractivity contribution in [2.75, 3.05) is 7.11 Å². The minimum absolute atomic E-state index is 0.418. The lowest BCUT2D eigenvalue weighted by Crippen LogP contribution is -2.24. The van der Waals surface area contributed by atoms with Crippen LogP contribution < -0.4 is 4.74 Å². The summed E-state index contributed by atoms with van der Waals surface area (Å²) in [6.45, 7) is 1.64. The Balaban J connectivity index is 2.03. The molecule has 5 heteroatoms. The lowest BCUT2D eigenvalue weighted by atomic mass is 10.1. The van der Waals surface area contributed by atoms with E-state index in [4.69, 9.17) is 20.8 Å². The first-order valence-corrected chi connectivity index (χ1v) is 6.82. The van der Waals surface area contributed by atoms with E-state index >= 15 is 0 Å². The monoisotopic (exact) mass is 304 g/mol. The van der Waals surface area contributed by atoms with Gasteiger partial charge in [0.15, 0.2) is 6.10 Å². The van der Waals surface area contributed by atoms with Crippen LogP contribution in [0.1, 0.15) is 6.92 Å². The van der Waals surface area contributed by atoms with Gasteiger partial charge in [0.05, 0.1) is 7.11 Å². The number of carbonyl (C=O) groups excluding carboxylic acids is 1. The molecular formula is C16H13ClO4. The van der Waals surface area contributed by atoms with Gasteiger partial charge in [0.2, 0.25) is 0 Å². The van der Waals surface area contributed by atoms with E-state index in [1.165, 1.54) is 7.11 Å². The minimum Gasteiger partial charge on any atom is -0.479 e. The zero-order valence-electron chi connectivity index (χ0n) is 11.6. The molecule has 0 aliphatic rings. The third-order valence-electron chi connectivity index (χ3n) is 3.25. The second-order valence-electron chi connectivity index (χ2n) is 4.68. The van der Waals surface area contributed by atoms with Crippen LogP contribution in [-0.2, 0) is 9.53 Å². The van der Waals surface area contributed by atoms with Gasteiger partial charge in [0.1, 0.15) is 16.9 Å². The summed E-state index contributed by atoms with van der Waals surface area (Å²) in [6, 6.07) is 10.9. The number of rotatable bonds is 3. The van der Waals surface area contributed by atoms with Crippen LogP contribution in [0.5, 0.6) is 5.75 Å². The number of carbonyl (C=O) groups is 1. The fourth-order valence-electron chi connectivity index (χ4n) is 2.22. The van der Waals surface area contributed by atoms with Gasteiger partial charge in [-0.3, -0.25) is 0 Å². The number of esters is 1. The highest BCUT2D eigenvalue weighted by atomic mass is 35.5. The van der Waals surface area contributed by atoms with Crippen molar-refractivity contribution in [1.82, 2.24) is 0 Å². The molecule has 0 bridgehead atoms. The standard InChI is InChI=1S/C16H13ClO4/c1-9(16(18)19-2)20-11-4-6-14-13(8-11)12-5-3-10(17)7-15(12)21-14/h3-9H,1-2H3. The molecule has 1 unspecified atom stereocenters. The zero-order chi connectivity index (χ0) is 15.0. The quantitative estimate of drug-likeness (QED) is 0.681. The van der Waals surface area contributed by atoms with Gasteiger partial charge in [-0.15, -0.1) is 0 Å². The number of benzene rings is 2. The molecule has 1 atom stereocenters. The van der Waals surface area contributed by atoms with E-state index in [1.807, 2.05) is 24.3 Å². The molecule has 1 aromatic heterocycles. The maximum Gasteiger partial charge on any atom is 0.346 e. The average Bonchev–Trinajstić information content (AvgIpc) is 2.83. The van der Waals surface area contributed by atoms with E-state index in [1.54, 1.807) is 19.1 Å². The van der Waals surface area contributed by atoms with E-state index < -0.39 is 12.1 Å². The minimum atomic E-state index is -0.667. The molecule has 0 amide bonds. The second-order valence-corrected chi connectivity index (χ2v) is 5.12. The molecule has 0 aliphatic carbocycles. The number of fused-ring (bicyclic) bond motifs is 3. The topological polar surface area (TPSA) is 48.7 Å². The lowest BCUT2D eigenvalue weighted by Gasteiger charge is -2.12. The van der Waals surface area contributed by atoms with Crippen molar-refractivity contribution in [2.24, 2.45) is 0 Å². The Morgan fingerprint density at radius 1 is 1.14 bits per heavy atom. The van der Waals surface area contributed by atoms with Gasteiger partial charge in [0.25, 0.3) is 0 Å². The first-order chi connectivity index (χ1) is 10.1. The Hall–Kier alpha value is -2.20. The van der Waals surface area contributed by atoms with Crippen LogP contribution in [0, 0.1) is 0 Å². The summed E-state index contributed by atoms with van der Waals surface area (Å²) >= 11 is 5.96. The van der Waals surface area contributed by atoms with E-state index in [0.29, 0.717) is 10.8 Å². The van der Waals surface area contributed by atoms with E-state index in [9.17, 15) is 4.79 Å². The normalized spacial score (nSPS) is 12.5. The molecule has 0 N–H and O–H groups in total. The van der Waals surface area contributed by atoms with Crippen LogP contribution in [0.25, 0.3) is 21.9 Å². The molecule has 1 heterocycles. The fraction of sp³-hybridized carbons (Fsp3) is 0.188. The average molecular weight is 305 g/mol. The van der Waals surface area contributed by atoms with Crippen molar-refractivity contribution in [2.45, 2.75) is 13.0 Å². The van der Waals surface area contributed by atoms with Crippen molar-refractivity contribution in [3.63, 3.8) is 0 Å². The maximum absolute atomic E-state index is 11.4. The summed E-state index contributed by atoms with van der Waals surface area (Å²) in [4.78, 5) is 11.4. The third-order valence-corrected chi connectivity index (χ3v) is 3.49. The zero-order valence-corrected chi connectivity index (χ0v) is 12.3. The van der Waals surface area contributed by atoms with E-state index in [0.717, 1.165) is 21.9 Å². The summed E-state index contributed by atoms with van der Waals surface area (Å²) in [5, 5.41) is 2.49. The summed E-state index contributed by atoms with van der Waals surface area (Å²) < 4.78 is 15.9. The predicted molar refractivity (Wildman–Crippen MR) is 80.8 cm³/mol. The summed E-state index contributed by atoms with van der Waals surface area (Å²) in [6.07, 6.45) is -0.667. The van der Waals surface area contributed by atoms with Crippen LogP contribution in [0.3, 0.4) is 0 Å². The molecule has 3 aromatic rings. The fourth-order valence-corrected chi connectivity index (χ4v) is 2.38. The van der Waals surface area contributed by atoms with E-state index in [2.05, 4.69) is 4.74 Å². The number of halogens is 1. The lowest BCUT2D eigenvalue weighted by molar-refractivity contribution is -0.147. The first kappa shape index (κ1) is 13.8. The molecule has 0 fully saturated rings. The molecule has 108 valence electrons. The van der Waals surface area contributed by atoms with Crippen molar-refractivity contribution < 1.29 is 18.7 Å². The van der Waals surface area contributed by atoms with Gasteiger partial charge < -0.3 is 13.9 Å². The molecule has 4 nitrogen and oxygen atoms in total. The summed E-state index contributed by atoms with van der Waals surface area (Å²) in [5.74, 6) is 0.164.